The lowest BCUT2D eigenvalue weighted by molar-refractivity contribution is 0.189. The molecule has 1 unspecified atom stereocenters. The van der Waals surface area contributed by atoms with Gasteiger partial charge in [0, 0.05) is 30.6 Å². The van der Waals surface area contributed by atoms with Crippen molar-refractivity contribution < 1.29 is 9.26 Å². The van der Waals surface area contributed by atoms with Gasteiger partial charge < -0.3 is 9.26 Å². The van der Waals surface area contributed by atoms with Gasteiger partial charge in [0.15, 0.2) is 11.0 Å². The normalized spacial score (nSPS) is 15.1. The molecule has 1 aliphatic carbocycles. The second-order valence-corrected chi connectivity index (χ2v) is 11.1. The molecule has 9 heteroatoms. The number of rotatable bonds is 7. The zero-order valence-corrected chi connectivity index (χ0v) is 19.8. The Bertz CT molecular complexity index is 1110. The molecule has 0 amide bonds. The van der Waals surface area contributed by atoms with E-state index in [0.717, 1.165) is 35.9 Å². The Labute approximate surface area is 184 Å². The highest BCUT2D eigenvalue weighted by molar-refractivity contribution is 7.99. The summed E-state index contributed by atoms with van der Waals surface area (Å²) in [5.41, 5.74) is 1.10. The van der Waals surface area contributed by atoms with E-state index in [-0.39, 0.29) is 16.2 Å². The van der Waals surface area contributed by atoms with Gasteiger partial charge in [0.05, 0.1) is 10.6 Å². The van der Waals surface area contributed by atoms with Gasteiger partial charge in [0.2, 0.25) is 5.89 Å². The number of fused-ring (bicyclic) bond motifs is 3. The van der Waals surface area contributed by atoms with Crippen molar-refractivity contribution >= 4 is 33.3 Å². The lowest BCUT2D eigenvalue weighted by Gasteiger charge is -2.14. The topological polar surface area (TPSA) is 83.0 Å². The van der Waals surface area contributed by atoms with Crippen LogP contribution in [0.4, 0.5) is 0 Å². The summed E-state index contributed by atoms with van der Waals surface area (Å²) in [6, 6.07) is 0. The molecule has 0 saturated carbocycles. The summed E-state index contributed by atoms with van der Waals surface area (Å²) in [7, 11) is 1.68. The molecule has 7 nitrogen and oxygen atoms in total. The van der Waals surface area contributed by atoms with Crippen molar-refractivity contribution in [2.45, 2.75) is 75.7 Å². The molecule has 0 fully saturated rings. The maximum absolute atomic E-state index is 13.4. The highest BCUT2D eigenvalue weighted by atomic mass is 32.2. The van der Waals surface area contributed by atoms with Crippen LogP contribution < -0.4 is 5.56 Å². The number of thiophene rings is 1. The molecule has 1 aliphatic rings. The average Bonchev–Trinajstić information content (AvgIpc) is 3.38. The number of nitrogens with zero attached hydrogens (tertiary/aromatic N) is 4. The van der Waals surface area contributed by atoms with Crippen molar-refractivity contribution in [3.05, 3.63) is 32.5 Å². The van der Waals surface area contributed by atoms with Gasteiger partial charge in [-0.15, -0.1) is 11.3 Å². The Kier molecular flexibility index (Phi) is 6.05. The summed E-state index contributed by atoms with van der Waals surface area (Å²) in [5.74, 6) is 1.23. The van der Waals surface area contributed by atoms with Crippen molar-refractivity contribution in [2.75, 3.05) is 13.7 Å². The Morgan fingerprint density at radius 3 is 2.80 bits per heavy atom. The largest absolute Gasteiger partial charge is 0.385 e. The van der Waals surface area contributed by atoms with Gasteiger partial charge in [-0.3, -0.25) is 9.36 Å². The van der Waals surface area contributed by atoms with Crippen LogP contribution in [0.15, 0.2) is 14.5 Å². The van der Waals surface area contributed by atoms with Gasteiger partial charge in [-0.1, -0.05) is 37.7 Å². The molecule has 0 N–H and O–H groups in total. The zero-order valence-electron chi connectivity index (χ0n) is 18.2. The summed E-state index contributed by atoms with van der Waals surface area (Å²) >= 11 is 3.16. The number of thioether (sulfide) groups is 1. The fourth-order valence-electron chi connectivity index (χ4n) is 3.63. The third kappa shape index (κ3) is 4.07. The first-order chi connectivity index (χ1) is 14.3. The number of hydrogen-bond acceptors (Lipinski definition) is 8. The van der Waals surface area contributed by atoms with Crippen molar-refractivity contribution in [3.8, 4) is 0 Å². The van der Waals surface area contributed by atoms with Crippen LogP contribution in [-0.4, -0.2) is 33.4 Å². The minimum Gasteiger partial charge on any atom is -0.385 e. The minimum absolute atomic E-state index is 0.0612. The number of methoxy groups -OCH3 is 1. The van der Waals surface area contributed by atoms with E-state index in [1.165, 1.54) is 22.2 Å². The van der Waals surface area contributed by atoms with Crippen LogP contribution in [0, 0.1) is 0 Å². The first-order valence-electron chi connectivity index (χ1n) is 10.3. The van der Waals surface area contributed by atoms with Gasteiger partial charge in [-0.05, 0) is 38.2 Å². The average molecular weight is 449 g/mol. The Hall–Kier alpha value is -1.71. The van der Waals surface area contributed by atoms with Gasteiger partial charge >= 0.3 is 0 Å². The minimum atomic E-state index is -0.178. The van der Waals surface area contributed by atoms with Gasteiger partial charge in [0.25, 0.3) is 5.56 Å². The molecule has 3 aromatic heterocycles. The SMILES string of the molecule is COCCCn1c(SC(C)c2nc(C(C)(C)C)no2)nc2sc3c(c2c1=O)CCC3. The van der Waals surface area contributed by atoms with Crippen molar-refractivity contribution in [1.29, 1.82) is 0 Å². The first kappa shape index (κ1) is 21.5. The standard InChI is InChI=1S/C21H28N4O3S2/c1-12(16-22-19(24-28-16)21(2,3)4)29-20-23-17-15(13-8-6-9-14(13)30-17)18(26)25(20)10-7-11-27-5/h12H,6-11H2,1-5H3. The Morgan fingerprint density at radius 2 is 2.10 bits per heavy atom. The van der Waals surface area contributed by atoms with E-state index in [9.17, 15) is 4.79 Å². The number of aromatic nitrogens is 4. The number of aryl methyl sites for hydroxylation is 2. The molecule has 0 spiro atoms. The van der Waals surface area contributed by atoms with Crippen molar-refractivity contribution in [1.82, 2.24) is 19.7 Å². The zero-order chi connectivity index (χ0) is 21.5. The van der Waals surface area contributed by atoms with E-state index in [4.69, 9.17) is 14.2 Å². The molecule has 3 heterocycles. The molecule has 0 bridgehead atoms. The molecule has 162 valence electrons. The van der Waals surface area contributed by atoms with Crippen LogP contribution in [0.3, 0.4) is 0 Å². The van der Waals surface area contributed by atoms with Crippen LogP contribution in [0.5, 0.6) is 0 Å². The predicted molar refractivity (Wildman–Crippen MR) is 120 cm³/mol. The van der Waals surface area contributed by atoms with Crippen LogP contribution in [0.1, 0.15) is 67.9 Å². The van der Waals surface area contributed by atoms with Crippen molar-refractivity contribution in [3.63, 3.8) is 0 Å². The van der Waals surface area contributed by atoms with E-state index in [1.807, 2.05) is 6.92 Å². The molecule has 0 aliphatic heterocycles. The first-order valence-corrected chi connectivity index (χ1v) is 12.0. The van der Waals surface area contributed by atoms with E-state index >= 15 is 0 Å². The summed E-state index contributed by atoms with van der Waals surface area (Å²) in [5, 5.41) is 5.53. The van der Waals surface area contributed by atoms with Crippen molar-refractivity contribution in [2.24, 2.45) is 0 Å². The number of hydrogen-bond donors (Lipinski definition) is 0. The molecular formula is C21H28N4O3S2. The molecule has 0 saturated heterocycles. The molecular weight excluding hydrogens is 420 g/mol. The lowest BCUT2D eigenvalue weighted by Crippen LogP contribution is -2.24. The highest BCUT2D eigenvalue weighted by Crippen LogP contribution is 2.38. The fourth-order valence-corrected chi connectivity index (χ4v) is 5.89. The lowest BCUT2D eigenvalue weighted by atomic mass is 9.96. The quantitative estimate of drug-likeness (QED) is 0.299. The maximum atomic E-state index is 13.4. The van der Waals surface area contributed by atoms with Crippen LogP contribution in [-0.2, 0) is 29.5 Å². The summed E-state index contributed by atoms with van der Waals surface area (Å²) in [4.78, 5) is 25.1. The number of ether oxygens (including phenoxy) is 1. The predicted octanol–water partition coefficient (Wildman–Crippen LogP) is 4.52. The van der Waals surface area contributed by atoms with E-state index in [0.29, 0.717) is 30.0 Å². The summed E-state index contributed by atoms with van der Waals surface area (Å²) < 4.78 is 12.5. The molecule has 0 radical (unpaired) electrons. The van der Waals surface area contributed by atoms with E-state index < -0.39 is 0 Å². The Morgan fingerprint density at radius 1 is 1.30 bits per heavy atom. The van der Waals surface area contributed by atoms with E-state index in [2.05, 4.69) is 30.9 Å². The van der Waals surface area contributed by atoms with Gasteiger partial charge in [-0.25, -0.2) is 4.98 Å². The second-order valence-electron chi connectivity index (χ2n) is 8.70. The summed E-state index contributed by atoms with van der Waals surface area (Å²) in [6.07, 6.45) is 3.91. The Balaban J connectivity index is 1.70. The smallest absolute Gasteiger partial charge is 0.263 e. The third-order valence-electron chi connectivity index (χ3n) is 5.26. The van der Waals surface area contributed by atoms with Crippen LogP contribution in [0.25, 0.3) is 10.2 Å². The molecule has 0 aromatic carbocycles. The second kappa shape index (κ2) is 8.43. The fraction of sp³-hybridized carbons (Fsp3) is 0.619. The molecule has 30 heavy (non-hydrogen) atoms. The third-order valence-corrected chi connectivity index (χ3v) is 7.53. The van der Waals surface area contributed by atoms with Crippen LogP contribution in [0.2, 0.25) is 0 Å². The summed E-state index contributed by atoms with van der Waals surface area (Å²) in [6.45, 7) is 9.35. The molecule has 4 rings (SSSR count). The molecule has 3 aromatic rings. The highest BCUT2D eigenvalue weighted by Gasteiger charge is 2.27. The monoisotopic (exact) mass is 448 g/mol. The van der Waals surface area contributed by atoms with Crippen LogP contribution >= 0.6 is 23.1 Å². The van der Waals surface area contributed by atoms with Gasteiger partial charge in [-0.2, -0.15) is 4.98 Å². The van der Waals surface area contributed by atoms with Gasteiger partial charge in [0.1, 0.15) is 4.83 Å². The molecule has 1 atom stereocenters. The van der Waals surface area contributed by atoms with E-state index in [1.54, 1.807) is 23.0 Å². The maximum Gasteiger partial charge on any atom is 0.263 e.